The van der Waals surface area contributed by atoms with Crippen molar-refractivity contribution in [2.24, 2.45) is 0 Å². The van der Waals surface area contributed by atoms with Crippen LogP contribution in [0.4, 0.5) is 0 Å². The molecule has 17 heavy (non-hydrogen) atoms. The van der Waals surface area contributed by atoms with Crippen molar-refractivity contribution in [1.29, 1.82) is 5.26 Å². The van der Waals surface area contributed by atoms with Gasteiger partial charge in [-0.05, 0) is 0 Å². The van der Waals surface area contributed by atoms with Crippen LogP contribution in [0.1, 0.15) is 5.56 Å². The number of nitrogens with zero attached hydrogens (tertiary/aromatic N) is 2. The van der Waals surface area contributed by atoms with Crippen molar-refractivity contribution in [3.05, 3.63) is 54.1 Å². The topological polar surface area (TPSA) is 36.7 Å². The molecule has 0 spiro atoms. The fraction of sp³-hybridized carbons (Fsp3) is 0. The molecule has 0 aliphatic carbocycles. The van der Waals surface area contributed by atoms with Gasteiger partial charge in [0.2, 0.25) is 0 Å². The van der Waals surface area contributed by atoms with E-state index >= 15 is 0 Å². The van der Waals surface area contributed by atoms with Gasteiger partial charge in [0.15, 0.2) is 0 Å². The maximum atomic E-state index is 8.76. The van der Waals surface area contributed by atoms with E-state index in [2.05, 4.69) is 23.2 Å². The summed E-state index contributed by atoms with van der Waals surface area (Å²) in [6.45, 7) is 0. The Labute approximate surface area is 105 Å². The second-order valence-electron chi connectivity index (χ2n) is 3.68. The molecule has 0 radical (unpaired) electrons. The van der Waals surface area contributed by atoms with E-state index in [9.17, 15) is 0 Å². The quantitative estimate of drug-likeness (QED) is 0.644. The summed E-state index contributed by atoms with van der Waals surface area (Å²) < 4.78 is 2.47. The predicted octanol–water partition coefficient (Wildman–Crippen LogP) is 2.83. The first-order valence-corrected chi connectivity index (χ1v) is 6.94. The van der Waals surface area contributed by atoms with Gasteiger partial charge in [-0.2, -0.15) is 0 Å². The first-order valence-electron chi connectivity index (χ1n) is 5.23. The van der Waals surface area contributed by atoms with Crippen LogP contribution in [-0.2, 0) is 0 Å². The molecule has 2 aromatic carbocycles. The van der Waals surface area contributed by atoms with Crippen molar-refractivity contribution in [2.45, 2.75) is 0 Å². The van der Waals surface area contributed by atoms with E-state index in [1.807, 2.05) is 36.4 Å². The van der Waals surface area contributed by atoms with Crippen LogP contribution >= 0.6 is 0 Å². The zero-order valence-electron chi connectivity index (χ0n) is 8.92. The molecule has 3 heteroatoms. The molecule has 3 rings (SSSR count). The van der Waals surface area contributed by atoms with Crippen molar-refractivity contribution in [1.82, 2.24) is 4.98 Å². The third-order valence-corrected chi connectivity index (χ3v) is 4.83. The molecule has 0 atom stereocenters. The Kier molecular flexibility index (Phi) is 2.53. The first kappa shape index (κ1) is 10.3. The first-order chi connectivity index (χ1) is 8.36. The summed E-state index contributed by atoms with van der Waals surface area (Å²) in [7, 11) is 0. The summed E-state index contributed by atoms with van der Waals surface area (Å²) in [4.78, 5) is 4.64. The van der Waals surface area contributed by atoms with Crippen molar-refractivity contribution >= 4 is 24.3 Å². The molecule has 0 bridgehead atoms. The summed E-state index contributed by atoms with van der Waals surface area (Å²) in [5.74, 6) is 0. The number of hydrogen-bond acceptors (Lipinski definition) is 2. The van der Waals surface area contributed by atoms with Crippen LogP contribution < -0.4 is 0 Å². The van der Waals surface area contributed by atoms with Crippen LogP contribution in [0.3, 0.4) is 0 Å². The Balaban J connectivity index is 2.11. The van der Waals surface area contributed by atoms with Crippen LogP contribution in [0.5, 0.6) is 0 Å². The molecule has 0 saturated carbocycles. The molecular formula is C14H8N2Se. The van der Waals surface area contributed by atoms with Gasteiger partial charge in [0.05, 0.1) is 0 Å². The number of aromatic nitrogens is 1. The summed E-state index contributed by atoms with van der Waals surface area (Å²) in [6, 6.07) is 18.0. The fourth-order valence-electron chi connectivity index (χ4n) is 1.68. The van der Waals surface area contributed by atoms with Gasteiger partial charge in [-0.25, -0.2) is 0 Å². The average Bonchev–Trinajstić information content (AvgIpc) is 2.82. The van der Waals surface area contributed by atoms with Crippen LogP contribution in [0, 0.1) is 11.3 Å². The minimum atomic E-state index is 0.282. The molecule has 80 valence electrons. The van der Waals surface area contributed by atoms with Crippen molar-refractivity contribution in [2.75, 3.05) is 0 Å². The zero-order valence-corrected chi connectivity index (χ0v) is 10.6. The normalized spacial score (nSPS) is 10.3. The second-order valence-corrected chi connectivity index (χ2v) is 5.84. The molecule has 0 aliphatic rings. The molecular weight excluding hydrogens is 275 g/mol. The van der Waals surface area contributed by atoms with E-state index < -0.39 is 0 Å². The van der Waals surface area contributed by atoms with Crippen molar-refractivity contribution < 1.29 is 0 Å². The Bertz CT molecular complexity index is 672. The molecule has 1 heterocycles. The summed E-state index contributed by atoms with van der Waals surface area (Å²) in [6.07, 6.45) is 0. The molecule has 0 saturated heterocycles. The minimum absolute atomic E-state index is 0.282. The predicted molar refractivity (Wildman–Crippen MR) is 68.8 cm³/mol. The molecule has 0 amide bonds. The number of fused-ring (bicyclic) bond motifs is 1. The van der Waals surface area contributed by atoms with Crippen LogP contribution in [-0.4, -0.2) is 19.5 Å². The number of benzene rings is 2. The van der Waals surface area contributed by atoms with E-state index in [0.717, 1.165) is 15.6 Å². The summed E-state index contributed by atoms with van der Waals surface area (Å²) >= 11 is 0.282. The molecule has 3 aromatic rings. The Morgan fingerprint density at radius 2 is 1.76 bits per heavy atom. The van der Waals surface area contributed by atoms with Gasteiger partial charge in [-0.3, -0.25) is 0 Å². The van der Waals surface area contributed by atoms with Gasteiger partial charge < -0.3 is 0 Å². The monoisotopic (exact) mass is 284 g/mol. The zero-order chi connectivity index (χ0) is 11.7. The van der Waals surface area contributed by atoms with Gasteiger partial charge in [-0.1, -0.05) is 0 Å². The summed E-state index contributed by atoms with van der Waals surface area (Å²) in [5.41, 5.74) is 2.91. The average molecular weight is 283 g/mol. The molecule has 1 aromatic heterocycles. The van der Waals surface area contributed by atoms with E-state index in [1.165, 1.54) is 4.26 Å². The van der Waals surface area contributed by atoms with Crippen molar-refractivity contribution in [3.63, 3.8) is 0 Å². The number of rotatable bonds is 1. The van der Waals surface area contributed by atoms with Crippen molar-refractivity contribution in [3.8, 4) is 16.2 Å². The fourth-order valence-corrected chi connectivity index (χ4v) is 3.72. The van der Waals surface area contributed by atoms with E-state index in [-0.39, 0.29) is 14.5 Å². The molecule has 0 aliphatic heterocycles. The molecule has 0 unspecified atom stereocenters. The van der Waals surface area contributed by atoms with Crippen LogP contribution in [0.25, 0.3) is 19.9 Å². The van der Waals surface area contributed by atoms with Gasteiger partial charge >= 0.3 is 105 Å². The molecule has 0 fully saturated rings. The van der Waals surface area contributed by atoms with Gasteiger partial charge in [0, 0.05) is 0 Å². The Morgan fingerprint density at radius 3 is 2.47 bits per heavy atom. The van der Waals surface area contributed by atoms with E-state index in [1.54, 1.807) is 0 Å². The number of hydrogen-bond donors (Lipinski definition) is 0. The third-order valence-electron chi connectivity index (χ3n) is 2.55. The Morgan fingerprint density at radius 1 is 1.00 bits per heavy atom. The van der Waals surface area contributed by atoms with Gasteiger partial charge in [0.1, 0.15) is 0 Å². The van der Waals surface area contributed by atoms with Gasteiger partial charge in [-0.15, -0.1) is 0 Å². The number of nitriles is 1. The third kappa shape index (κ3) is 1.89. The van der Waals surface area contributed by atoms with Crippen LogP contribution in [0.15, 0.2) is 48.5 Å². The molecule has 2 nitrogen and oxygen atoms in total. The second kappa shape index (κ2) is 4.18. The standard InChI is InChI=1S/C14H8N2Se/c15-9-10-5-7-11(8-6-10)14-16-12-3-1-2-4-13(12)17-14/h1-8H. The molecule has 0 N–H and O–H groups in total. The van der Waals surface area contributed by atoms with E-state index in [0.29, 0.717) is 5.56 Å². The SMILES string of the molecule is N#Cc1ccc(-c2nc3ccccc3[se]2)cc1. The number of para-hydroxylation sites is 1. The van der Waals surface area contributed by atoms with Gasteiger partial charge in [0.25, 0.3) is 0 Å². The summed E-state index contributed by atoms with van der Waals surface area (Å²) in [5, 5.41) is 8.76. The Hall–Kier alpha value is -1.88. The maximum absolute atomic E-state index is 8.76. The van der Waals surface area contributed by atoms with Crippen LogP contribution in [0.2, 0.25) is 0 Å². The van der Waals surface area contributed by atoms with E-state index in [4.69, 9.17) is 5.26 Å².